The van der Waals surface area contributed by atoms with Crippen molar-refractivity contribution in [1.29, 1.82) is 0 Å². The van der Waals surface area contributed by atoms with Gasteiger partial charge in [0.1, 0.15) is 11.4 Å². The molecule has 0 aliphatic rings. The average molecular weight is 316 g/mol. The zero-order chi connectivity index (χ0) is 15.5. The van der Waals surface area contributed by atoms with E-state index in [1.807, 2.05) is 25.1 Å². The van der Waals surface area contributed by atoms with Gasteiger partial charge in [-0.3, -0.25) is 14.9 Å². The molecule has 1 aromatic carbocycles. The molecule has 0 aliphatic heterocycles. The van der Waals surface area contributed by atoms with Crippen molar-refractivity contribution in [3.05, 3.63) is 46.4 Å². The highest BCUT2D eigenvalue weighted by Gasteiger charge is 2.11. The Morgan fingerprint density at radius 1 is 1.36 bits per heavy atom. The van der Waals surface area contributed by atoms with E-state index < -0.39 is 5.91 Å². The van der Waals surface area contributed by atoms with E-state index in [9.17, 15) is 9.59 Å². The van der Waals surface area contributed by atoms with Crippen molar-refractivity contribution in [2.24, 2.45) is 0 Å². The van der Waals surface area contributed by atoms with Crippen molar-refractivity contribution in [3.63, 3.8) is 0 Å². The fourth-order valence-electron chi connectivity index (χ4n) is 1.85. The van der Waals surface area contributed by atoms with Gasteiger partial charge in [-0.1, -0.05) is 11.3 Å². The topological polar surface area (TPSA) is 97.0 Å². The molecule has 3 rings (SSSR count). The van der Waals surface area contributed by atoms with Crippen LogP contribution in [0.25, 0.3) is 10.2 Å². The number of nitrogens with one attached hydrogen (secondary N) is 2. The molecule has 7 nitrogen and oxygen atoms in total. The number of ether oxygens (including phenoxy) is 1. The lowest BCUT2D eigenvalue weighted by atomic mass is 10.3. The maximum Gasteiger partial charge on any atom is 0.277 e. The van der Waals surface area contributed by atoms with Crippen LogP contribution in [0, 0.1) is 0 Å². The summed E-state index contributed by atoms with van der Waals surface area (Å²) in [5.41, 5.74) is 0.534. The summed E-state index contributed by atoms with van der Waals surface area (Å²) in [6.45, 7) is 2.51. The summed E-state index contributed by atoms with van der Waals surface area (Å²) >= 11 is 1.34. The zero-order valence-corrected chi connectivity index (χ0v) is 12.4. The summed E-state index contributed by atoms with van der Waals surface area (Å²) in [5, 5.41) is 9.01. The number of thiazole rings is 1. The lowest BCUT2D eigenvalue weighted by Gasteiger charge is -2.00. The Kier molecular flexibility index (Phi) is 3.84. The lowest BCUT2D eigenvalue weighted by molar-refractivity contribution is 0.102. The first-order chi connectivity index (χ1) is 10.7. The van der Waals surface area contributed by atoms with E-state index >= 15 is 0 Å². The van der Waals surface area contributed by atoms with Crippen LogP contribution >= 0.6 is 11.3 Å². The molecule has 2 aromatic heterocycles. The van der Waals surface area contributed by atoms with Gasteiger partial charge in [0.05, 0.1) is 16.8 Å². The molecule has 112 valence electrons. The molecule has 8 heteroatoms. The van der Waals surface area contributed by atoms with Gasteiger partial charge in [-0.25, -0.2) is 10.1 Å². The second-order valence-electron chi connectivity index (χ2n) is 4.34. The van der Waals surface area contributed by atoms with Crippen LogP contribution in [-0.2, 0) is 0 Å². The Morgan fingerprint density at radius 2 is 2.23 bits per heavy atom. The normalized spacial score (nSPS) is 10.6. The van der Waals surface area contributed by atoms with Gasteiger partial charge in [0.15, 0.2) is 5.13 Å². The van der Waals surface area contributed by atoms with E-state index in [0.29, 0.717) is 11.7 Å². The number of hydrogen-bond acceptors (Lipinski definition) is 6. The number of aromatic amines is 1. The molecule has 3 aromatic rings. The van der Waals surface area contributed by atoms with E-state index in [2.05, 4.69) is 20.5 Å². The summed E-state index contributed by atoms with van der Waals surface area (Å²) < 4.78 is 6.35. The summed E-state index contributed by atoms with van der Waals surface area (Å²) in [6.07, 6.45) is 0. The molecule has 0 saturated heterocycles. The molecule has 0 unspecified atom stereocenters. The largest absolute Gasteiger partial charge is 0.494 e. The number of amides is 1. The van der Waals surface area contributed by atoms with Crippen molar-refractivity contribution in [2.45, 2.75) is 6.92 Å². The van der Waals surface area contributed by atoms with Crippen LogP contribution in [0.2, 0.25) is 0 Å². The third-order valence-electron chi connectivity index (χ3n) is 2.80. The molecule has 0 aliphatic carbocycles. The standard InChI is InChI=1S/C14H12N4O3S/c1-2-21-8-3-4-9-11(7-8)22-14(15-9)16-13(20)10-5-6-12(19)18-17-10/h3-7H,2H2,1H3,(H,18,19)(H,15,16,20). The Bertz CT molecular complexity index is 867. The maximum absolute atomic E-state index is 12.0. The maximum atomic E-state index is 12.0. The number of carbonyl (C=O) groups is 1. The quantitative estimate of drug-likeness (QED) is 0.767. The summed E-state index contributed by atoms with van der Waals surface area (Å²) in [4.78, 5) is 27.3. The number of H-pyrrole nitrogens is 1. The monoisotopic (exact) mass is 316 g/mol. The number of nitrogens with zero attached hydrogens (tertiary/aromatic N) is 2. The van der Waals surface area contributed by atoms with Gasteiger partial charge in [0, 0.05) is 6.07 Å². The first kappa shape index (κ1) is 14.2. The predicted molar refractivity (Wildman–Crippen MR) is 83.6 cm³/mol. The Balaban J connectivity index is 1.82. The minimum absolute atomic E-state index is 0.119. The molecule has 0 spiro atoms. The minimum atomic E-state index is -0.430. The van der Waals surface area contributed by atoms with Crippen LogP contribution in [0.1, 0.15) is 17.4 Å². The van der Waals surface area contributed by atoms with Crippen LogP contribution in [0.4, 0.5) is 5.13 Å². The van der Waals surface area contributed by atoms with Gasteiger partial charge in [-0.2, -0.15) is 5.10 Å². The van der Waals surface area contributed by atoms with E-state index in [-0.39, 0.29) is 11.3 Å². The molecular formula is C14H12N4O3S. The second kappa shape index (κ2) is 5.94. The molecule has 1 amide bonds. The van der Waals surface area contributed by atoms with Gasteiger partial charge in [-0.15, -0.1) is 0 Å². The van der Waals surface area contributed by atoms with Crippen molar-refractivity contribution >= 4 is 32.6 Å². The Labute approximate surface area is 129 Å². The van der Waals surface area contributed by atoms with Crippen LogP contribution < -0.4 is 15.6 Å². The molecule has 0 radical (unpaired) electrons. The molecule has 22 heavy (non-hydrogen) atoms. The van der Waals surface area contributed by atoms with Crippen LogP contribution in [0.15, 0.2) is 35.1 Å². The smallest absolute Gasteiger partial charge is 0.277 e. The number of benzene rings is 1. The number of rotatable bonds is 4. The van der Waals surface area contributed by atoms with Gasteiger partial charge < -0.3 is 4.74 Å². The van der Waals surface area contributed by atoms with Crippen LogP contribution in [0.3, 0.4) is 0 Å². The highest BCUT2D eigenvalue weighted by atomic mass is 32.1. The van der Waals surface area contributed by atoms with Crippen molar-refractivity contribution < 1.29 is 9.53 Å². The van der Waals surface area contributed by atoms with E-state index in [1.165, 1.54) is 23.5 Å². The first-order valence-corrected chi connectivity index (χ1v) is 7.38. The fraction of sp³-hybridized carbons (Fsp3) is 0.143. The molecule has 0 atom stereocenters. The van der Waals surface area contributed by atoms with E-state index in [1.54, 1.807) is 0 Å². The van der Waals surface area contributed by atoms with Gasteiger partial charge >= 0.3 is 0 Å². The van der Waals surface area contributed by atoms with Gasteiger partial charge in [0.2, 0.25) is 0 Å². The number of carbonyl (C=O) groups excluding carboxylic acids is 1. The number of hydrogen-bond donors (Lipinski definition) is 2. The van der Waals surface area contributed by atoms with Crippen molar-refractivity contribution in [1.82, 2.24) is 15.2 Å². The SMILES string of the molecule is CCOc1ccc2nc(NC(=O)c3ccc(=O)[nH]n3)sc2c1. The molecule has 2 heterocycles. The zero-order valence-electron chi connectivity index (χ0n) is 11.6. The molecular weight excluding hydrogens is 304 g/mol. The summed E-state index contributed by atoms with van der Waals surface area (Å²) in [6, 6.07) is 8.15. The lowest BCUT2D eigenvalue weighted by Crippen LogP contribution is -2.17. The minimum Gasteiger partial charge on any atom is -0.494 e. The number of anilines is 1. The summed E-state index contributed by atoms with van der Waals surface area (Å²) in [7, 11) is 0. The van der Waals surface area contributed by atoms with Crippen LogP contribution in [0.5, 0.6) is 5.75 Å². The Morgan fingerprint density at radius 3 is 2.95 bits per heavy atom. The third-order valence-corrected chi connectivity index (χ3v) is 3.74. The highest BCUT2D eigenvalue weighted by molar-refractivity contribution is 7.22. The first-order valence-electron chi connectivity index (χ1n) is 6.56. The number of fused-ring (bicyclic) bond motifs is 1. The van der Waals surface area contributed by atoms with Crippen LogP contribution in [-0.4, -0.2) is 27.7 Å². The second-order valence-corrected chi connectivity index (χ2v) is 5.37. The highest BCUT2D eigenvalue weighted by Crippen LogP contribution is 2.29. The third kappa shape index (κ3) is 2.96. The molecule has 0 bridgehead atoms. The molecule has 2 N–H and O–H groups in total. The van der Waals surface area contributed by atoms with Gasteiger partial charge in [0.25, 0.3) is 11.5 Å². The van der Waals surface area contributed by atoms with Gasteiger partial charge in [-0.05, 0) is 31.2 Å². The predicted octanol–water partition coefficient (Wildman–Crippen LogP) is 2.03. The van der Waals surface area contributed by atoms with Crippen molar-refractivity contribution in [3.8, 4) is 5.75 Å². The number of aromatic nitrogens is 3. The fourth-order valence-corrected chi connectivity index (χ4v) is 2.74. The average Bonchev–Trinajstić information content (AvgIpc) is 2.89. The molecule has 0 saturated carbocycles. The Hall–Kier alpha value is -2.74. The summed E-state index contributed by atoms with van der Waals surface area (Å²) in [5.74, 6) is 0.333. The van der Waals surface area contributed by atoms with E-state index in [4.69, 9.17) is 4.74 Å². The van der Waals surface area contributed by atoms with Crippen molar-refractivity contribution in [2.75, 3.05) is 11.9 Å². The molecule has 0 fully saturated rings. The van der Waals surface area contributed by atoms with E-state index in [0.717, 1.165) is 16.0 Å².